The van der Waals surface area contributed by atoms with E-state index in [1.807, 2.05) is 0 Å². The third-order valence-electron chi connectivity index (χ3n) is 3.84. The molecule has 0 unspecified atom stereocenters. The number of nitrogens with two attached hydrogens (primary N) is 1. The second-order valence-corrected chi connectivity index (χ2v) is 5.84. The van der Waals surface area contributed by atoms with Crippen LogP contribution in [-0.2, 0) is 0 Å². The van der Waals surface area contributed by atoms with Gasteiger partial charge < -0.3 is 25.9 Å². The number of benzene rings is 2. The first-order valence-electron chi connectivity index (χ1n) is 8.42. The topological polar surface area (TPSA) is 130 Å². The second kappa shape index (κ2) is 8.48. The van der Waals surface area contributed by atoms with Crippen LogP contribution in [0.2, 0.25) is 0 Å². The molecule has 0 spiro atoms. The van der Waals surface area contributed by atoms with Gasteiger partial charge in [0.2, 0.25) is 11.8 Å². The van der Waals surface area contributed by atoms with Crippen molar-refractivity contribution in [3.8, 4) is 11.5 Å². The first-order chi connectivity index (χ1) is 13.9. The Bertz CT molecular complexity index is 1030. The molecule has 29 heavy (non-hydrogen) atoms. The normalized spacial score (nSPS) is 10.6. The van der Waals surface area contributed by atoms with Gasteiger partial charge in [0.05, 0.1) is 6.61 Å². The highest BCUT2D eigenvalue weighted by molar-refractivity contribution is 5.97. The third-order valence-corrected chi connectivity index (χ3v) is 3.84. The van der Waals surface area contributed by atoms with Crippen molar-refractivity contribution in [2.75, 3.05) is 18.5 Å². The van der Waals surface area contributed by atoms with E-state index in [9.17, 15) is 18.4 Å². The summed E-state index contributed by atoms with van der Waals surface area (Å²) in [5.74, 6) is -3.80. The van der Waals surface area contributed by atoms with E-state index >= 15 is 0 Å². The van der Waals surface area contributed by atoms with Crippen molar-refractivity contribution in [2.24, 2.45) is 5.73 Å². The van der Waals surface area contributed by atoms with Crippen molar-refractivity contribution in [1.82, 2.24) is 10.3 Å². The fourth-order valence-electron chi connectivity index (χ4n) is 2.49. The summed E-state index contributed by atoms with van der Waals surface area (Å²) in [5, 5.41) is 14.0. The molecule has 3 aromatic rings. The van der Waals surface area contributed by atoms with Gasteiger partial charge in [-0.15, -0.1) is 0 Å². The molecule has 5 N–H and O–H groups in total. The summed E-state index contributed by atoms with van der Waals surface area (Å²) in [5.41, 5.74) is 5.16. The Hall–Kier alpha value is -3.79. The monoisotopic (exact) mass is 402 g/mol. The molecular formula is C19H16F2N4O4. The summed E-state index contributed by atoms with van der Waals surface area (Å²) in [4.78, 5) is 27.3. The Balaban J connectivity index is 1.88. The van der Waals surface area contributed by atoms with Crippen LogP contribution >= 0.6 is 0 Å². The minimum atomic E-state index is -0.959. The van der Waals surface area contributed by atoms with Gasteiger partial charge in [-0.25, -0.2) is 13.8 Å². The molecule has 1 aromatic heterocycles. The minimum absolute atomic E-state index is 0.119. The summed E-state index contributed by atoms with van der Waals surface area (Å²) < 4.78 is 33.3. The molecule has 2 aromatic carbocycles. The van der Waals surface area contributed by atoms with Crippen LogP contribution in [0.25, 0.3) is 11.5 Å². The van der Waals surface area contributed by atoms with Crippen LogP contribution in [0.5, 0.6) is 0 Å². The predicted molar refractivity (Wildman–Crippen MR) is 99.5 cm³/mol. The molecule has 3 rings (SSSR count). The number of amides is 2. The number of oxazole rings is 1. The zero-order valence-corrected chi connectivity index (χ0v) is 14.9. The number of halogens is 2. The van der Waals surface area contributed by atoms with E-state index in [1.54, 1.807) is 0 Å². The maximum Gasteiger partial charge on any atom is 0.273 e. The Morgan fingerprint density at radius 2 is 1.76 bits per heavy atom. The van der Waals surface area contributed by atoms with E-state index < -0.39 is 29.0 Å². The van der Waals surface area contributed by atoms with Crippen LogP contribution in [0, 0.1) is 11.6 Å². The van der Waals surface area contributed by atoms with Crippen LogP contribution < -0.4 is 16.4 Å². The van der Waals surface area contributed by atoms with Crippen LogP contribution in [-0.4, -0.2) is 35.1 Å². The molecule has 0 fully saturated rings. The molecule has 0 aliphatic rings. The molecule has 0 aliphatic carbocycles. The summed E-state index contributed by atoms with van der Waals surface area (Å²) >= 11 is 0. The number of anilines is 2. The summed E-state index contributed by atoms with van der Waals surface area (Å²) in [6, 6.07) is 9.26. The standard InChI is InChI=1S/C19H16F2N4O4/c20-12-2-1-3-13(21)14(12)18-25-15(16(22)27)19(29-18)24-11-6-4-10(5-7-11)17(28)23-8-9-26/h1-7,24,26H,8-9H2,(H2,22,27)(H,23,28). The number of nitrogens with zero attached hydrogens (tertiary/aromatic N) is 1. The predicted octanol–water partition coefficient (Wildman–Crippen LogP) is 2.18. The number of aliphatic hydroxyl groups is 1. The van der Waals surface area contributed by atoms with Crippen molar-refractivity contribution in [3.63, 3.8) is 0 Å². The van der Waals surface area contributed by atoms with Crippen molar-refractivity contribution in [3.05, 3.63) is 65.4 Å². The highest BCUT2D eigenvalue weighted by Crippen LogP contribution is 2.31. The first kappa shape index (κ1) is 20.0. The fourth-order valence-corrected chi connectivity index (χ4v) is 2.49. The number of hydrogen-bond acceptors (Lipinski definition) is 6. The van der Waals surface area contributed by atoms with Gasteiger partial charge in [-0.05, 0) is 36.4 Å². The van der Waals surface area contributed by atoms with Crippen molar-refractivity contribution in [2.45, 2.75) is 0 Å². The third kappa shape index (κ3) is 4.38. The van der Waals surface area contributed by atoms with Crippen LogP contribution in [0.15, 0.2) is 46.9 Å². The molecule has 1 heterocycles. The lowest BCUT2D eigenvalue weighted by Gasteiger charge is -2.06. The Morgan fingerprint density at radius 3 is 2.34 bits per heavy atom. The first-order valence-corrected chi connectivity index (χ1v) is 8.42. The minimum Gasteiger partial charge on any atom is -0.419 e. The van der Waals surface area contributed by atoms with Gasteiger partial charge in [-0.1, -0.05) is 6.07 Å². The lowest BCUT2D eigenvalue weighted by atomic mass is 10.2. The number of hydrogen-bond donors (Lipinski definition) is 4. The van der Waals surface area contributed by atoms with E-state index in [-0.39, 0.29) is 30.6 Å². The maximum atomic E-state index is 14.0. The number of carbonyl (C=O) groups excluding carboxylic acids is 2. The molecule has 0 radical (unpaired) electrons. The molecule has 8 nitrogen and oxygen atoms in total. The van der Waals surface area contributed by atoms with Gasteiger partial charge in [0.25, 0.3) is 11.8 Å². The summed E-state index contributed by atoms with van der Waals surface area (Å²) in [7, 11) is 0. The Morgan fingerprint density at radius 1 is 1.10 bits per heavy atom. The van der Waals surface area contributed by atoms with E-state index in [0.29, 0.717) is 11.3 Å². The Labute approximate surface area is 163 Å². The number of carbonyl (C=O) groups is 2. The van der Waals surface area contributed by atoms with Crippen LogP contribution in [0.4, 0.5) is 20.4 Å². The smallest absolute Gasteiger partial charge is 0.273 e. The van der Waals surface area contributed by atoms with Crippen molar-refractivity contribution in [1.29, 1.82) is 0 Å². The number of primary amides is 1. The van der Waals surface area contributed by atoms with Gasteiger partial charge in [-0.3, -0.25) is 9.59 Å². The van der Waals surface area contributed by atoms with Crippen LogP contribution in [0.3, 0.4) is 0 Å². The average molecular weight is 402 g/mol. The molecule has 0 aliphatic heterocycles. The van der Waals surface area contributed by atoms with Gasteiger partial charge in [0.1, 0.15) is 17.2 Å². The molecule has 150 valence electrons. The molecular weight excluding hydrogens is 386 g/mol. The lowest BCUT2D eigenvalue weighted by molar-refractivity contribution is 0.0943. The zero-order valence-electron chi connectivity index (χ0n) is 14.9. The lowest BCUT2D eigenvalue weighted by Crippen LogP contribution is -2.26. The molecule has 0 saturated heterocycles. The van der Waals surface area contributed by atoms with Gasteiger partial charge in [-0.2, -0.15) is 0 Å². The van der Waals surface area contributed by atoms with Gasteiger partial charge >= 0.3 is 0 Å². The van der Waals surface area contributed by atoms with Crippen LogP contribution in [0.1, 0.15) is 20.8 Å². The van der Waals surface area contributed by atoms with Crippen molar-refractivity contribution >= 4 is 23.4 Å². The van der Waals surface area contributed by atoms with E-state index in [1.165, 1.54) is 30.3 Å². The fraction of sp³-hybridized carbons (Fsp3) is 0.105. The number of aliphatic hydroxyl groups excluding tert-OH is 1. The zero-order chi connectivity index (χ0) is 21.0. The number of aromatic nitrogens is 1. The maximum absolute atomic E-state index is 14.0. The number of rotatable bonds is 7. The second-order valence-electron chi connectivity index (χ2n) is 5.84. The molecule has 0 atom stereocenters. The largest absolute Gasteiger partial charge is 0.419 e. The van der Waals surface area contributed by atoms with E-state index in [4.69, 9.17) is 15.3 Å². The molecule has 10 heteroatoms. The highest BCUT2D eigenvalue weighted by Gasteiger charge is 2.23. The molecule has 0 bridgehead atoms. The average Bonchev–Trinajstić information content (AvgIpc) is 3.10. The van der Waals surface area contributed by atoms with Gasteiger partial charge in [0.15, 0.2) is 5.69 Å². The van der Waals surface area contributed by atoms with Crippen molar-refractivity contribution < 1.29 is 27.9 Å². The summed E-state index contributed by atoms with van der Waals surface area (Å²) in [6.07, 6.45) is 0. The highest BCUT2D eigenvalue weighted by atomic mass is 19.1. The SMILES string of the molecule is NC(=O)c1nc(-c2c(F)cccc2F)oc1Nc1ccc(C(=O)NCCO)cc1. The van der Waals surface area contributed by atoms with Gasteiger partial charge in [0, 0.05) is 17.8 Å². The Kier molecular flexibility index (Phi) is 5.84. The summed E-state index contributed by atoms with van der Waals surface area (Å²) in [6.45, 7) is -0.0635. The quantitative estimate of drug-likeness (QED) is 0.479. The van der Waals surface area contributed by atoms with E-state index in [0.717, 1.165) is 12.1 Å². The number of nitrogens with one attached hydrogen (secondary N) is 2. The molecule has 2 amide bonds. The molecule has 0 saturated carbocycles. The van der Waals surface area contributed by atoms with E-state index in [2.05, 4.69) is 15.6 Å².